The second kappa shape index (κ2) is 7.79. The molecule has 0 aromatic heterocycles. The fourth-order valence-corrected chi connectivity index (χ4v) is 1.75. The number of nitrogens with one attached hydrogen (secondary N) is 1. The predicted molar refractivity (Wildman–Crippen MR) is 78.3 cm³/mol. The topological polar surface area (TPSA) is 41.6 Å². The maximum Gasteiger partial charge on any atom is 0.274 e. The van der Waals surface area contributed by atoms with Crippen LogP contribution in [0.1, 0.15) is 38.1 Å². The van der Waals surface area contributed by atoms with Crippen molar-refractivity contribution in [3.63, 3.8) is 0 Å². The highest BCUT2D eigenvalue weighted by atomic mass is 16.6. The van der Waals surface area contributed by atoms with E-state index in [0.717, 1.165) is 18.8 Å². The van der Waals surface area contributed by atoms with Crippen LogP contribution in [0.2, 0.25) is 0 Å². The van der Waals surface area contributed by atoms with Crippen molar-refractivity contribution in [2.45, 2.75) is 27.7 Å². The molecule has 0 aliphatic rings. The minimum Gasteiger partial charge on any atom is -0.372 e. The van der Waals surface area contributed by atoms with Crippen LogP contribution in [-0.4, -0.2) is 25.6 Å². The van der Waals surface area contributed by atoms with Crippen molar-refractivity contribution < 1.29 is 9.63 Å². The summed E-state index contributed by atoms with van der Waals surface area (Å²) in [5.41, 5.74) is 4.19. The van der Waals surface area contributed by atoms with Gasteiger partial charge in [0.2, 0.25) is 0 Å². The van der Waals surface area contributed by atoms with Gasteiger partial charge in [-0.1, -0.05) is 13.8 Å². The minimum atomic E-state index is -0.202. The normalized spacial score (nSPS) is 10.6. The molecule has 0 aliphatic carbocycles. The summed E-state index contributed by atoms with van der Waals surface area (Å²) in [6.07, 6.45) is 0. The molecule has 4 heteroatoms. The Hall–Kier alpha value is -1.55. The van der Waals surface area contributed by atoms with Crippen LogP contribution in [0.3, 0.4) is 0 Å². The molecule has 0 spiro atoms. The first-order valence-corrected chi connectivity index (χ1v) is 6.85. The Kier molecular flexibility index (Phi) is 6.36. The van der Waals surface area contributed by atoms with Gasteiger partial charge in [-0.2, -0.15) is 0 Å². The van der Waals surface area contributed by atoms with Crippen molar-refractivity contribution >= 4 is 11.6 Å². The summed E-state index contributed by atoms with van der Waals surface area (Å²) < 4.78 is 0. The predicted octanol–water partition coefficient (Wildman–Crippen LogP) is 2.85. The van der Waals surface area contributed by atoms with Gasteiger partial charge >= 0.3 is 0 Å². The number of rotatable bonds is 7. The molecule has 0 radical (unpaired) electrons. The highest BCUT2D eigenvalue weighted by Crippen LogP contribution is 2.14. The Morgan fingerprint density at radius 2 is 1.79 bits per heavy atom. The third kappa shape index (κ3) is 4.91. The number of amides is 1. The molecule has 0 unspecified atom stereocenters. The molecule has 0 saturated heterocycles. The zero-order valence-corrected chi connectivity index (χ0v) is 12.3. The molecule has 0 saturated carbocycles. The average molecular weight is 264 g/mol. The number of carbonyl (C=O) groups excluding carboxylic acids is 1. The van der Waals surface area contributed by atoms with E-state index >= 15 is 0 Å². The van der Waals surface area contributed by atoms with E-state index < -0.39 is 0 Å². The molecule has 1 amide bonds. The van der Waals surface area contributed by atoms with E-state index in [-0.39, 0.29) is 5.91 Å². The number of nitrogens with zero attached hydrogens (tertiary/aromatic N) is 1. The van der Waals surface area contributed by atoms with E-state index in [0.29, 0.717) is 18.1 Å². The molecule has 1 rings (SSSR count). The highest BCUT2D eigenvalue weighted by Gasteiger charge is 2.07. The van der Waals surface area contributed by atoms with Crippen LogP contribution in [0.15, 0.2) is 24.3 Å². The quantitative estimate of drug-likeness (QED) is 0.770. The van der Waals surface area contributed by atoms with Crippen LogP contribution < -0.4 is 10.4 Å². The molecule has 0 aliphatic heterocycles. The zero-order valence-electron chi connectivity index (χ0n) is 12.3. The average Bonchev–Trinajstić information content (AvgIpc) is 2.40. The number of hydrogen-bond donors (Lipinski definition) is 1. The molecule has 106 valence electrons. The number of hydroxylamine groups is 1. The summed E-state index contributed by atoms with van der Waals surface area (Å²) in [6, 6.07) is 7.57. The third-order valence-electron chi connectivity index (χ3n) is 2.84. The Balaban J connectivity index is 2.58. The lowest BCUT2D eigenvalue weighted by atomic mass is 10.2. The maximum atomic E-state index is 11.8. The molecular weight excluding hydrogens is 240 g/mol. The molecule has 1 aromatic rings. The molecule has 0 atom stereocenters. The number of hydrogen-bond acceptors (Lipinski definition) is 3. The van der Waals surface area contributed by atoms with E-state index in [2.05, 4.69) is 24.2 Å². The monoisotopic (exact) mass is 264 g/mol. The highest BCUT2D eigenvalue weighted by molar-refractivity contribution is 5.93. The second-order valence-electron chi connectivity index (χ2n) is 4.86. The Morgan fingerprint density at radius 3 is 2.26 bits per heavy atom. The van der Waals surface area contributed by atoms with Crippen LogP contribution in [0.4, 0.5) is 5.69 Å². The van der Waals surface area contributed by atoms with Gasteiger partial charge in [0.1, 0.15) is 0 Å². The number of carbonyl (C=O) groups is 1. The van der Waals surface area contributed by atoms with Gasteiger partial charge in [0.25, 0.3) is 5.91 Å². The standard InChI is InChI=1S/C15H24N2O2/c1-5-17(6-2)14-9-7-13(8-10-14)15(18)16-19-11-12(3)4/h7-10,12H,5-6,11H2,1-4H3,(H,16,18). The fraction of sp³-hybridized carbons (Fsp3) is 0.533. The molecule has 1 N–H and O–H groups in total. The van der Waals surface area contributed by atoms with Crippen molar-refractivity contribution in [2.75, 3.05) is 24.6 Å². The maximum absolute atomic E-state index is 11.8. The van der Waals surface area contributed by atoms with E-state index in [1.54, 1.807) is 0 Å². The lowest BCUT2D eigenvalue weighted by Crippen LogP contribution is -2.26. The van der Waals surface area contributed by atoms with Crippen molar-refractivity contribution in [2.24, 2.45) is 5.92 Å². The molecule has 4 nitrogen and oxygen atoms in total. The van der Waals surface area contributed by atoms with Crippen molar-refractivity contribution in [3.05, 3.63) is 29.8 Å². The summed E-state index contributed by atoms with van der Waals surface area (Å²) in [5.74, 6) is 0.192. The lowest BCUT2D eigenvalue weighted by molar-refractivity contribution is 0.0208. The van der Waals surface area contributed by atoms with E-state index in [1.807, 2.05) is 38.1 Å². The second-order valence-corrected chi connectivity index (χ2v) is 4.86. The van der Waals surface area contributed by atoms with Crippen LogP contribution in [0.25, 0.3) is 0 Å². The van der Waals surface area contributed by atoms with E-state index in [4.69, 9.17) is 4.84 Å². The van der Waals surface area contributed by atoms with Gasteiger partial charge in [0.05, 0.1) is 6.61 Å². The Labute approximate surface area is 115 Å². The Morgan fingerprint density at radius 1 is 1.21 bits per heavy atom. The van der Waals surface area contributed by atoms with Crippen molar-refractivity contribution in [1.29, 1.82) is 0 Å². The molecule has 0 fully saturated rings. The van der Waals surface area contributed by atoms with Crippen LogP contribution in [0.5, 0.6) is 0 Å². The van der Waals surface area contributed by atoms with Crippen molar-refractivity contribution in [3.8, 4) is 0 Å². The van der Waals surface area contributed by atoms with Gasteiger partial charge in [-0.3, -0.25) is 9.63 Å². The first kappa shape index (κ1) is 15.5. The van der Waals surface area contributed by atoms with Crippen LogP contribution in [-0.2, 0) is 4.84 Å². The summed E-state index contributed by atoms with van der Waals surface area (Å²) in [7, 11) is 0. The molecule has 19 heavy (non-hydrogen) atoms. The fourth-order valence-electron chi connectivity index (χ4n) is 1.75. The van der Waals surface area contributed by atoms with Gasteiger partial charge in [0.15, 0.2) is 0 Å². The SMILES string of the molecule is CCN(CC)c1ccc(C(=O)NOCC(C)C)cc1. The summed E-state index contributed by atoms with van der Waals surface area (Å²) in [4.78, 5) is 19.2. The van der Waals surface area contributed by atoms with E-state index in [1.165, 1.54) is 0 Å². The molecule has 1 aromatic carbocycles. The zero-order chi connectivity index (χ0) is 14.3. The van der Waals surface area contributed by atoms with Gasteiger partial charge < -0.3 is 4.90 Å². The first-order chi connectivity index (χ1) is 9.08. The van der Waals surface area contributed by atoms with Gasteiger partial charge in [-0.25, -0.2) is 5.48 Å². The summed E-state index contributed by atoms with van der Waals surface area (Å²) >= 11 is 0. The largest absolute Gasteiger partial charge is 0.372 e. The van der Waals surface area contributed by atoms with Gasteiger partial charge in [-0.15, -0.1) is 0 Å². The van der Waals surface area contributed by atoms with Crippen LogP contribution in [0, 0.1) is 5.92 Å². The molecule has 0 heterocycles. The molecule has 0 bridgehead atoms. The minimum absolute atomic E-state index is 0.202. The Bertz CT molecular complexity index is 384. The third-order valence-corrected chi connectivity index (χ3v) is 2.84. The van der Waals surface area contributed by atoms with Gasteiger partial charge in [0, 0.05) is 24.3 Å². The smallest absolute Gasteiger partial charge is 0.274 e. The summed E-state index contributed by atoms with van der Waals surface area (Å²) in [5, 5.41) is 0. The first-order valence-electron chi connectivity index (χ1n) is 6.85. The molecular formula is C15H24N2O2. The van der Waals surface area contributed by atoms with Crippen molar-refractivity contribution in [1.82, 2.24) is 5.48 Å². The number of anilines is 1. The number of benzene rings is 1. The van der Waals surface area contributed by atoms with E-state index in [9.17, 15) is 4.79 Å². The van der Waals surface area contributed by atoms with Crippen LogP contribution >= 0.6 is 0 Å². The summed E-state index contributed by atoms with van der Waals surface area (Å²) in [6.45, 7) is 10.7. The lowest BCUT2D eigenvalue weighted by Gasteiger charge is -2.21. The van der Waals surface area contributed by atoms with Gasteiger partial charge in [-0.05, 0) is 44.0 Å².